The highest BCUT2D eigenvalue weighted by Crippen LogP contribution is 2.48. The van der Waals surface area contributed by atoms with E-state index < -0.39 is 0 Å². The van der Waals surface area contributed by atoms with Crippen LogP contribution in [0.4, 0.5) is 0 Å². The topological polar surface area (TPSA) is 66.3 Å². The van der Waals surface area contributed by atoms with Crippen molar-refractivity contribution in [1.29, 1.82) is 0 Å². The summed E-state index contributed by atoms with van der Waals surface area (Å²) >= 11 is 0. The fraction of sp³-hybridized carbons (Fsp3) is 0.0612. The molecule has 0 aliphatic heterocycles. The second-order valence-electron chi connectivity index (χ2n) is 28.3. The summed E-state index contributed by atoms with van der Waals surface area (Å²) in [5.74, 6) is 0.796. The number of aryl methyl sites for hydroxylation is 6. The quantitative estimate of drug-likeness (QED) is 0.122. The fourth-order valence-corrected chi connectivity index (χ4v) is 15.9. The molecule has 0 fully saturated rings. The van der Waals surface area contributed by atoms with E-state index in [2.05, 4.69) is 377 Å². The molecule has 498 valence electrons. The Balaban J connectivity index is 0.931. The SMILES string of the molecule is Cc1ccc2c(c1)c1cc(C)ccc1n2-c1ccc(-c2nc(-n3c4ccc(C)cc4c4cc(C)ccc43)cc(-c3ccccc3-c3cc(-c4cc(-c5ccccc5)nc(-c5ccccc5)c4)nc(-c4cc(-c5ccccc5)nc(-c5ccccc5)c4)c3)c2-n2c3ccc(C)cc3c3cc(C)ccc32)cc1. The molecule has 0 unspecified atom stereocenters. The smallest absolute Gasteiger partial charge is 0.139 e. The molecule has 0 aliphatic carbocycles. The van der Waals surface area contributed by atoms with Crippen LogP contribution >= 0.6 is 0 Å². The van der Waals surface area contributed by atoms with Crippen molar-refractivity contribution in [2.45, 2.75) is 41.5 Å². The number of aromatic nitrogens is 7. The van der Waals surface area contributed by atoms with E-state index in [0.717, 1.165) is 151 Å². The fourth-order valence-electron chi connectivity index (χ4n) is 15.9. The maximum absolute atomic E-state index is 6.19. The van der Waals surface area contributed by atoms with Crippen molar-refractivity contribution in [3.8, 4) is 118 Å². The van der Waals surface area contributed by atoms with Gasteiger partial charge in [0.15, 0.2) is 0 Å². The van der Waals surface area contributed by atoms with Gasteiger partial charge >= 0.3 is 0 Å². The van der Waals surface area contributed by atoms with Crippen LogP contribution < -0.4 is 0 Å². The average Bonchev–Trinajstić information content (AvgIpc) is 1.64. The lowest BCUT2D eigenvalue weighted by Crippen LogP contribution is -2.07. The lowest BCUT2D eigenvalue weighted by molar-refractivity contribution is 1.06. The Labute approximate surface area is 610 Å². The van der Waals surface area contributed by atoms with E-state index in [1.807, 2.05) is 0 Å². The molecule has 19 aromatic rings. The highest BCUT2D eigenvalue weighted by atomic mass is 15.1. The molecule has 0 amide bonds. The largest absolute Gasteiger partial charge is 0.309 e. The maximum Gasteiger partial charge on any atom is 0.139 e. The van der Waals surface area contributed by atoms with Gasteiger partial charge in [0.2, 0.25) is 0 Å². The molecular formula is C98H71N7. The summed E-state index contributed by atoms with van der Waals surface area (Å²) < 4.78 is 7.33. The Morgan fingerprint density at radius 3 is 0.848 bits per heavy atom. The first kappa shape index (κ1) is 62.6. The molecule has 0 atom stereocenters. The number of nitrogens with zero attached hydrogens (tertiary/aromatic N) is 7. The van der Waals surface area contributed by atoms with E-state index in [9.17, 15) is 0 Å². The van der Waals surface area contributed by atoms with Crippen molar-refractivity contribution in [2.75, 3.05) is 0 Å². The van der Waals surface area contributed by atoms with E-state index in [0.29, 0.717) is 0 Å². The molecule has 0 N–H and O–H groups in total. The minimum atomic E-state index is 0.794. The van der Waals surface area contributed by atoms with E-state index >= 15 is 0 Å². The third kappa shape index (κ3) is 11.1. The van der Waals surface area contributed by atoms with Crippen molar-refractivity contribution in [2.24, 2.45) is 0 Å². The third-order valence-corrected chi connectivity index (χ3v) is 20.9. The predicted molar refractivity (Wildman–Crippen MR) is 438 cm³/mol. The van der Waals surface area contributed by atoms with Crippen molar-refractivity contribution >= 4 is 65.4 Å². The van der Waals surface area contributed by atoms with Crippen molar-refractivity contribution in [3.63, 3.8) is 0 Å². The Kier molecular flexibility index (Phi) is 15.1. The lowest BCUT2D eigenvalue weighted by atomic mass is 9.90. The third-order valence-electron chi connectivity index (χ3n) is 20.9. The van der Waals surface area contributed by atoms with Crippen LogP contribution in [-0.2, 0) is 0 Å². The average molecular weight is 1350 g/mol. The molecule has 12 aromatic carbocycles. The zero-order valence-corrected chi connectivity index (χ0v) is 59.2. The highest BCUT2D eigenvalue weighted by molar-refractivity contribution is 6.13. The van der Waals surface area contributed by atoms with Gasteiger partial charge in [0, 0.05) is 82.5 Å². The van der Waals surface area contributed by atoms with Crippen molar-refractivity contribution < 1.29 is 0 Å². The first-order chi connectivity index (χ1) is 51.5. The molecule has 105 heavy (non-hydrogen) atoms. The highest BCUT2D eigenvalue weighted by Gasteiger charge is 2.28. The molecule has 0 saturated carbocycles. The van der Waals surface area contributed by atoms with Crippen LogP contribution in [0.15, 0.2) is 322 Å². The molecule has 7 heterocycles. The van der Waals surface area contributed by atoms with Gasteiger partial charge < -0.3 is 9.13 Å². The van der Waals surface area contributed by atoms with Gasteiger partial charge in [0.05, 0.1) is 78.6 Å². The molecular weight excluding hydrogens is 1280 g/mol. The summed E-state index contributed by atoms with van der Waals surface area (Å²) in [6, 6.07) is 117. The molecule has 0 saturated heterocycles. The molecule has 0 aliphatic rings. The summed E-state index contributed by atoms with van der Waals surface area (Å²) in [5, 5.41) is 7.19. The Bertz CT molecular complexity index is 6240. The standard InChI is InChI=1S/C98H71N7/c1-60-31-41-90-77(47-60)78-48-61(2)32-42-91(78)103(90)74-39-37-70(38-40-74)97-98(105-94-45-35-64(5)51-81(94)82-52-65(6)36-46-95(82)105)83(59-96(102-97)104-92-43-33-62(3)49-79(92)80-50-63(4)34-44-93(80)104)76-30-20-19-29-75(76)71-53-88(72-55-84(66-21-11-7-12-22-66)99-85(56-72)67-23-13-8-14-24-67)101-89(54-71)73-57-86(68-25-15-9-16-26-68)100-87(58-73)69-27-17-10-18-28-69/h7-59H,1-6H3. The maximum atomic E-state index is 6.19. The van der Waals surface area contributed by atoms with Gasteiger partial charge in [-0.1, -0.05) is 228 Å². The van der Waals surface area contributed by atoms with Crippen LogP contribution in [0.25, 0.3) is 184 Å². The second-order valence-corrected chi connectivity index (χ2v) is 28.3. The van der Waals surface area contributed by atoms with Crippen LogP contribution in [0.3, 0.4) is 0 Å². The number of hydrogen-bond donors (Lipinski definition) is 0. The first-order valence-corrected chi connectivity index (χ1v) is 36.1. The van der Waals surface area contributed by atoms with Gasteiger partial charge in [-0.3, -0.25) is 4.57 Å². The van der Waals surface area contributed by atoms with E-state index in [-0.39, 0.29) is 0 Å². The van der Waals surface area contributed by atoms with E-state index in [1.165, 1.54) is 65.7 Å². The first-order valence-electron chi connectivity index (χ1n) is 36.1. The van der Waals surface area contributed by atoms with Crippen LogP contribution in [0.2, 0.25) is 0 Å². The minimum Gasteiger partial charge on any atom is -0.309 e. The molecule has 0 radical (unpaired) electrons. The van der Waals surface area contributed by atoms with Crippen LogP contribution in [-0.4, -0.2) is 33.6 Å². The number of rotatable bonds is 12. The van der Waals surface area contributed by atoms with Crippen molar-refractivity contribution in [1.82, 2.24) is 33.6 Å². The number of fused-ring (bicyclic) bond motifs is 9. The van der Waals surface area contributed by atoms with Crippen LogP contribution in [0.1, 0.15) is 33.4 Å². The lowest BCUT2D eigenvalue weighted by Gasteiger charge is -2.23. The molecule has 19 rings (SSSR count). The second kappa shape index (κ2) is 25.3. The van der Waals surface area contributed by atoms with Gasteiger partial charge in [-0.15, -0.1) is 0 Å². The summed E-state index contributed by atoms with van der Waals surface area (Å²) in [7, 11) is 0. The molecule has 0 spiro atoms. The summed E-state index contributed by atoms with van der Waals surface area (Å²) in [5.41, 5.74) is 32.6. The molecule has 0 bridgehead atoms. The normalized spacial score (nSPS) is 11.7. The predicted octanol–water partition coefficient (Wildman–Crippen LogP) is 25.4. The number of pyridine rings is 4. The van der Waals surface area contributed by atoms with Gasteiger partial charge in [0.1, 0.15) is 5.82 Å². The van der Waals surface area contributed by atoms with Crippen molar-refractivity contribution in [3.05, 3.63) is 355 Å². The minimum absolute atomic E-state index is 0.794. The Morgan fingerprint density at radius 2 is 0.495 bits per heavy atom. The Morgan fingerprint density at radius 1 is 0.200 bits per heavy atom. The Hall–Kier alpha value is -13.4. The summed E-state index contributed by atoms with van der Waals surface area (Å²) in [4.78, 5) is 22.8. The van der Waals surface area contributed by atoms with Gasteiger partial charge in [0.25, 0.3) is 0 Å². The summed E-state index contributed by atoms with van der Waals surface area (Å²) in [6.07, 6.45) is 0. The molecule has 7 aromatic heterocycles. The number of hydrogen-bond acceptors (Lipinski definition) is 4. The number of benzene rings is 12. The van der Waals surface area contributed by atoms with Gasteiger partial charge in [-0.05, 0) is 186 Å². The van der Waals surface area contributed by atoms with E-state index in [4.69, 9.17) is 19.9 Å². The van der Waals surface area contributed by atoms with Crippen LogP contribution in [0, 0.1) is 41.5 Å². The van der Waals surface area contributed by atoms with Gasteiger partial charge in [-0.2, -0.15) is 0 Å². The van der Waals surface area contributed by atoms with Crippen LogP contribution in [0.5, 0.6) is 0 Å². The molecule has 7 heteroatoms. The monoisotopic (exact) mass is 1350 g/mol. The van der Waals surface area contributed by atoms with Gasteiger partial charge in [-0.25, -0.2) is 19.9 Å². The van der Waals surface area contributed by atoms with E-state index in [1.54, 1.807) is 0 Å². The summed E-state index contributed by atoms with van der Waals surface area (Å²) in [6.45, 7) is 13.1. The zero-order valence-electron chi connectivity index (χ0n) is 59.2. The molecule has 7 nitrogen and oxygen atoms in total. The zero-order chi connectivity index (χ0) is 70.6.